The summed E-state index contributed by atoms with van der Waals surface area (Å²) < 4.78 is 17.7. The molecule has 2 atom stereocenters. The Morgan fingerprint density at radius 1 is 0.921 bits per heavy atom. The molecule has 2 aromatic rings. The molecular weight excluding hydrogens is 494 g/mol. The van der Waals surface area contributed by atoms with Gasteiger partial charge in [0, 0.05) is 0 Å². The normalized spacial score (nSPS) is 17.9. The Labute approximate surface area is 228 Å². The summed E-state index contributed by atoms with van der Waals surface area (Å²) in [5.74, 6) is 5.99. The van der Waals surface area contributed by atoms with Crippen molar-refractivity contribution < 1.29 is 23.5 Å². The fraction of sp³-hybridized carbons (Fsp3) is 0.484. The van der Waals surface area contributed by atoms with Crippen LogP contribution in [0.2, 0.25) is 5.04 Å². The first-order valence-electron chi connectivity index (χ1n) is 13.3. The largest absolute Gasteiger partial charge is 0.464 e. The molecule has 38 heavy (non-hydrogen) atoms. The Balaban J connectivity index is 1.91. The molecule has 6 nitrogen and oxygen atoms in total. The maximum atomic E-state index is 13.1. The number of ether oxygens (including phenoxy) is 2. The van der Waals surface area contributed by atoms with Crippen LogP contribution >= 0.6 is 0 Å². The number of hydrogen-bond donors (Lipinski definition) is 0. The van der Waals surface area contributed by atoms with E-state index in [1.807, 2.05) is 36.4 Å². The van der Waals surface area contributed by atoms with Crippen LogP contribution in [0.3, 0.4) is 0 Å². The minimum absolute atomic E-state index is 0.164. The first-order chi connectivity index (χ1) is 17.9. The molecule has 7 heteroatoms. The maximum Gasteiger partial charge on any atom is 0.412 e. The Morgan fingerprint density at radius 2 is 1.47 bits per heavy atom. The summed E-state index contributed by atoms with van der Waals surface area (Å²) in [6.07, 6.45) is 0.488. The number of benzene rings is 2. The predicted molar refractivity (Wildman–Crippen MR) is 153 cm³/mol. The van der Waals surface area contributed by atoms with E-state index < -0.39 is 38.1 Å². The molecule has 0 aliphatic carbocycles. The first kappa shape index (κ1) is 29.5. The fourth-order valence-electron chi connectivity index (χ4n) is 5.06. The van der Waals surface area contributed by atoms with Crippen LogP contribution < -0.4 is 10.4 Å². The van der Waals surface area contributed by atoms with Crippen LogP contribution in [0.15, 0.2) is 60.7 Å². The van der Waals surface area contributed by atoms with Gasteiger partial charge in [-0.1, -0.05) is 93.3 Å². The Bertz CT molecular complexity index is 1100. The van der Waals surface area contributed by atoms with Crippen LogP contribution in [0.25, 0.3) is 0 Å². The van der Waals surface area contributed by atoms with E-state index in [0.717, 1.165) is 0 Å². The summed E-state index contributed by atoms with van der Waals surface area (Å²) in [6, 6.07) is 19.6. The van der Waals surface area contributed by atoms with Gasteiger partial charge in [-0.2, -0.15) is 0 Å². The molecule has 1 amide bonds. The maximum absolute atomic E-state index is 13.1. The molecule has 3 rings (SSSR count). The molecule has 1 saturated heterocycles. The summed E-state index contributed by atoms with van der Waals surface area (Å²) >= 11 is 0. The topological polar surface area (TPSA) is 65.1 Å². The lowest BCUT2D eigenvalue weighted by atomic mass is 10.2. The molecule has 0 radical (unpaired) electrons. The second-order valence-electron chi connectivity index (χ2n) is 11.5. The lowest BCUT2D eigenvalue weighted by Crippen LogP contribution is -2.66. The van der Waals surface area contributed by atoms with Crippen LogP contribution in [-0.2, 0) is 18.7 Å². The van der Waals surface area contributed by atoms with Crippen molar-refractivity contribution in [3.63, 3.8) is 0 Å². The first-order valence-corrected chi connectivity index (χ1v) is 15.2. The van der Waals surface area contributed by atoms with Crippen LogP contribution in [0.4, 0.5) is 4.79 Å². The van der Waals surface area contributed by atoms with E-state index in [1.54, 1.807) is 27.7 Å². The summed E-state index contributed by atoms with van der Waals surface area (Å²) in [6.45, 7) is 14.3. The van der Waals surface area contributed by atoms with Crippen LogP contribution in [-0.4, -0.2) is 56.2 Å². The Kier molecular flexibility index (Phi) is 9.45. The Morgan fingerprint density at radius 3 is 1.95 bits per heavy atom. The fourth-order valence-corrected chi connectivity index (χ4v) is 9.50. The van der Waals surface area contributed by atoms with Gasteiger partial charge in [-0.05, 0) is 55.9 Å². The van der Waals surface area contributed by atoms with E-state index >= 15 is 0 Å². The second-order valence-corrected chi connectivity index (χ2v) is 15.8. The van der Waals surface area contributed by atoms with Crippen LogP contribution in [0.1, 0.15) is 61.3 Å². The highest BCUT2D eigenvalue weighted by Gasteiger charge is 2.50. The summed E-state index contributed by atoms with van der Waals surface area (Å²) in [4.78, 5) is 27.1. The number of esters is 1. The van der Waals surface area contributed by atoms with E-state index in [0.29, 0.717) is 12.8 Å². The quantitative estimate of drug-likeness (QED) is 0.299. The lowest BCUT2D eigenvalue weighted by Gasteiger charge is -2.42. The summed E-state index contributed by atoms with van der Waals surface area (Å²) in [7, 11) is -2.72. The number of carbonyl (C=O) groups is 2. The van der Waals surface area contributed by atoms with Gasteiger partial charge in [0.25, 0.3) is 8.32 Å². The lowest BCUT2D eigenvalue weighted by molar-refractivity contribution is -0.148. The average molecular weight is 536 g/mol. The molecule has 0 N–H and O–H groups in total. The standard InChI is InChI=1S/C31H41NO5Si/c1-8-35-28(33)27-22-21-24(32(27)29(34)37-30(2,3)4)16-15-23-36-38(31(5,6)7,25-17-11-9-12-18-25)26-19-13-10-14-20-26/h9-14,17-20,24,27H,8,21-23H2,1-7H3/t24-,27+/m1/s1. The van der Waals surface area contributed by atoms with Crippen molar-refractivity contribution in [1.29, 1.82) is 0 Å². The van der Waals surface area contributed by atoms with Crippen molar-refractivity contribution in [2.24, 2.45) is 0 Å². The molecule has 0 spiro atoms. The molecule has 1 aliphatic heterocycles. The van der Waals surface area contributed by atoms with Gasteiger partial charge < -0.3 is 13.9 Å². The number of carbonyl (C=O) groups excluding carboxylic acids is 2. The van der Waals surface area contributed by atoms with E-state index in [-0.39, 0.29) is 18.3 Å². The molecule has 0 aromatic heterocycles. The molecule has 0 saturated carbocycles. The monoisotopic (exact) mass is 535 g/mol. The highest BCUT2D eigenvalue weighted by Crippen LogP contribution is 2.36. The molecule has 2 aromatic carbocycles. The molecule has 1 heterocycles. The van der Waals surface area contributed by atoms with Gasteiger partial charge in [-0.3, -0.25) is 4.90 Å². The average Bonchev–Trinajstić information content (AvgIpc) is 3.28. The minimum Gasteiger partial charge on any atom is -0.464 e. The summed E-state index contributed by atoms with van der Waals surface area (Å²) in [5, 5.41) is 2.20. The predicted octanol–water partition coefficient (Wildman–Crippen LogP) is 4.90. The van der Waals surface area contributed by atoms with Gasteiger partial charge in [0.05, 0.1) is 19.3 Å². The highest BCUT2D eigenvalue weighted by molar-refractivity contribution is 6.99. The van der Waals surface area contributed by atoms with Gasteiger partial charge in [0.2, 0.25) is 0 Å². The molecular formula is C31H41NO5Si. The van der Waals surface area contributed by atoms with Gasteiger partial charge in [0.1, 0.15) is 11.6 Å². The third-order valence-corrected chi connectivity index (χ3v) is 11.6. The highest BCUT2D eigenvalue weighted by atomic mass is 28.4. The van der Waals surface area contributed by atoms with Gasteiger partial charge in [-0.25, -0.2) is 9.59 Å². The van der Waals surface area contributed by atoms with Crippen LogP contribution in [0.5, 0.6) is 0 Å². The van der Waals surface area contributed by atoms with Crippen molar-refractivity contribution in [2.75, 3.05) is 13.2 Å². The van der Waals surface area contributed by atoms with Crippen molar-refractivity contribution in [3.05, 3.63) is 60.7 Å². The number of amides is 1. The third kappa shape index (κ3) is 6.67. The minimum atomic E-state index is -2.72. The Hall–Kier alpha value is -3.08. The molecule has 1 fully saturated rings. The summed E-state index contributed by atoms with van der Waals surface area (Å²) in [5.41, 5.74) is -0.691. The zero-order valence-electron chi connectivity index (χ0n) is 23.7. The van der Waals surface area contributed by atoms with Gasteiger partial charge in [0.15, 0.2) is 0 Å². The molecule has 204 valence electrons. The molecule has 1 aliphatic rings. The zero-order chi connectivity index (χ0) is 28.0. The zero-order valence-corrected chi connectivity index (χ0v) is 24.7. The van der Waals surface area contributed by atoms with Crippen molar-refractivity contribution >= 4 is 30.8 Å². The van der Waals surface area contributed by atoms with E-state index in [4.69, 9.17) is 13.9 Å². The van der Waals surface area contributed by atoms with E-state index in [2.05, 4.69) is 56.9 Å². The van der Waals surface area contributed by atoms with Crippen molar-refractivity contribution in [3.8, 4) is 11.8 Å². The van der Waals surface area contributed by atoms with E-state index in [9.17, 15) is 9.59 Å². The van der Waals surface area contributed by atoms with Gasteiger partial charge >= 0.3 is 12.1 Å². The number of likely N-dealkylation sites (tertiary alicyclic amines) is 1. The number of rotatable bonds is 6. The SMILES string of the molecule is CCOC(=O)[C@@H]1CC[C@@H](C#CCO[Si](c2ccccc2)(c2ccccc2)C(C)(C)C)N1C(=O)OC(C)(C)C. The van der Waals surface area contributed by atoms with E-state index in [1.165, 1.54) is 15.3 Å². The smallest absolute Gasteiger partial charge is 0.412 e. The number of nitrogens with zero attached hydrogens (tertiary/aromatic N) is 1. The number of hydrogen-bond acceptors (Lipinski definition) is 5. The second kappa shape index (κ2) is 12.2. The van der Waals surface area contributed by atoms with Crippen LogP contribution in [0, 0.1) is 11.8 Å². The third-order valence-electron chi connectivity index (χ3n) is 6.59. The van der Waals surface area contributed by atoms with Gasteiger partial charge in [-0.15, -0.1) is 0 Å². The molecule has 0 unspecified atom stereocenters. The molecule has 0 bridgehead atoms. The van der Waals surface area contributed by atoms with Crippen molar-refractivity contribution in [1.82, 2.24) is 4.90 Å². The van der Waals surface area contributed by atoms with Crippen molar-refractivity contribution in [2.45, 2.75) is 84.0 Å².